The zero-order valence-corrected chi connectivity index (χ0v) is 17.3. The molecule has 0 bridgehead atoms. The first-order valence-corrected chi connectivity index (χ1v) is 10.2. The summed E-state index contributed by atoms with van der Waals surface area (Å²) >= 11 is 0. The van der Waals surface area contributed by atoms with Gasteiger partial charge in [0.2, 0.25) is 5.91 Å². The number of amides is 1. The highest BCUT2D eigenvalue weighted by molar-refractivity contribution is 5.76. The number of carbonyl (C=O) groups excluding carboxylic acids is 1. The lowest BCUT2D eigenvalue weighted by molar-refractivity contribution is -0.122. The third-order valence-corrected chi connectivity index (χ3v) is 5.12. The van der Waals surface area contributed by atoms with Crippen LogP contribution in [0.2, 0.25) is 0 Å². The average molecular weight is 406 g/mol. The molecular formula is C23H26N4O3. The Morgan fingerprint density at radius 1 is 1.10 bits per heavy atom. The predicted octanol–water partition coefficient (Wildman–Crippen LogP) is 3.16. The number of nitrogens with zero attached hydrogens (tertiary/aromatic N) is 3. The van der Waals surface area contributed by atoms with Crippen molar-refractivity contribution in [3.05, 3.63) is 71.3 Å². The van der Waals surface area contributed by atoms with Crippen molar-refractivity contribution in [3.63, 3.8) is 0 Å². The maximum absolute atomic E-state index is 12.8. The molecule has 1 aromatic heterocycles. The first kappa shape index (κ1) is 19.9. The number of aromatic nitrogens is 3. The Morgan fingerprint density at radius 3 is 2.60 bits per heavy atom. The van der Waals surface area contributed by atoms with Gasteiger partial charge < -0.3 is 14.8 Å². The summed E-state index contributed by atoms with van der Waals surface area (Å²) in [4.78, 5) is 17.1. The Hall–Kier alpha value is -3.35. The van der Waals surface area contributed by atoms with E-state index in [4.69, 9.17) is 9.47 Å². The minimum Gasteiger partial charge on any atom is -0.486 e. The molecule has 1 aliphatic heterocycles. The second-order valence-electron chi connectivity index (χ2n) is 7.41. The SMILES string of the molecule is Cc1nc(C)n(CC(=O)N[C@H](CCc2ccccc2)c2ccc3c(c2)OCCO3)n1. The third kappa shape index (κ3) is 4.79. The Kier molecular flexibility index (Phi) is 5.97. The topological polar surface area (TPSA) is 78.3 Å². The fraction of sp³-hybridized carbons (Fsp3) is 0.348. The molecule has 4 rings (SSSR count). The van der Waals surface area contributed by atoms with E-state index in [0.717, 1.165) is 35.7 Å². The van der Waals surface area contributed by atoms with Crippen LogP contribution < -0.4 is 14.8 Å². The molecule has 0 saturated carbocycles. The maximum Gasteiger partial charge on any atom is 0.242 e. The molecule has 0 radical (unpaired) electrons. The highest BCUT2D eigenvalue weighted by Crippen LogP contribution is 2.33. The molecule has 0 fully saturated rings. The van der Waals surface area contributed by atoms with Crippen LogP contribution in [0.5, 0.6) is 11.5 Å². The smallest absolute Gasteiger partial charge is 0.242 e. The molecule has 1 aliphatic rings. The lowest BCUT2D eigenvalue weighted by atomic mass is 9.98. The molecule has 1 N–H and O–H groups in total. The van der Waals surface area contributed by atoms with Crippen LogP contribution >= 0.6 is 0 Å². The first-order chi connectivity index (χ1) is 14.6. The van der Waals surface area contributed by atoms with Crippen LogP contribution in [-0.2, 0) is 17.8 Å². The van der Waals surface area contributed by atoms with E-state index >= 15 is 0 Å². The third-order valence-electron chi connectivity index (χ3n) is 5.12. The maximum atomic E-state index is 12.8. The molecule has 0 unspecified atom stereocenters. The van der Waals surface area contributed by atoms with Crippen LogP contribution in [-0.4, -0.2) is 33.9 Å². The van der Waals surface area contributed by atoms with E-state index in [1.165, 1.54) is 5.56 Å². The molecule has 0 spiro atoms. The van der Waals surface area contributed by atoms with E-state index in [1.54, 1.807) is 4.68 Å². The Morgan fingerprint density at radius 2 is 1.87 bits per heavy atom. The molecule has 0 aliphatic carbocycles. The van der Waals surface area contributed by atoms with Gasteiger partial charge in [0, 0.05) is 0 Å². The molecule has 1 amide bonds. The lowest BCUT2D eigenvalue weighted by Crippen LogP contribution is -2.32. The predicted molar refractivity (Wildman–Crippen MR) is 113 cm³/mol. The van der Waals surface area contributed by atoms with Crippen LogP contribution in [0, 0.1) is 13.8 Å². The average Bonchev–Trinajstić information content (AvgIpc) is 3.07. The number of fused-ring (bicyclic) bond motifs is 1. The van der Waals surface area contributed by atoms with Crippen molar-refractivity contribution in [2.75, 3.05) is 13.2 Å². The highest BCUT2D eigenvalue weighted by atomic mass is 16.6. The van der Waals surface area contributed by atoms with Crippen LogP contribution in [0.1, 0.15) is 35.2 Å². The molecule has 1 atom stereocenters. The van der Waals surface area contributed by atoms with E-state index < -0.39 is 0 Å². The monoisotopic (exact) mass is 406 g/mol. The van der Waals surface area contributed by atoms with E-state index in [9.17, 15) is 4.79 Å². The van der Waals surface area contributed by atoms with Gasteiger partial charge in [-0.05, 0) is 49.9 Å². The van der Waals surface area contributed by atoms with Crippen LogP contribution in [0.15, 0.2) is 48.5 Å². The summed E-state index contributed by atoms with van der Waals surface area (Å²) in [7, 11) is 0. The van der Waals surface area contributed by atoms with Gasteiger partial charge in [-0.25, -0.2) is 9.67 Å². The second kappa shape index (κ2) is 8.98. The van der Waals surface area contributed by atoms with Crippen LogP contribution in [0.25, 0.3) is 0 Å². The van der Waals surface area contributed by atoms with Gasteiger partial charge in [-0.3, -0.25) is 4.79 Å². The van der Waals surface area contributed by atoms with Crippen molar-refractivity contribution in [2.24, 2.45) is 0 Å². The number of carbonyl (C=O) groups is 1. The van der Waals surface area contributed by atoms with Gasteiger partial charge in [0.15, 0.2) is 11.5 Å². The number of nitrogens with one attached hydrogen (secondary N) is 1. The van der Waals surface area contributed by atoms with Gasteiger partial charge in [-0.2, -0.15) is 5.10 Å². The van der Waals surface area contributed by atoms with Gasteiger partial charge in [0.1, 0.15) is 31.4 Å². The fourth-order valence-electron chi connectivity index (χ4n) is 3.64. The van der Waals surface area contributed by atoms with Crippen molar-refractivity contribution < 1.29 is 14.3 Å². The van der Waals surface area contributed by atoms with Crippen LogP contribution in [0.3, 0.4) is 0 Å². The number of rotatable bonds is 7. The van der Waals surface area contributed by atoms with E-state index in [0.29, 0.717) is 19.0 Å². The van der Waals surface area contributed by atoms with Gasteiger partial charge in [-0.1, -0.05) is 36.4 Å². The zero-order chi connectivity index (χ0) is 20.9. The molecule has 7 nitrogen and oxygen atoms in total. The number of benzene rings is 2. The van der Waals surface area contributed by atoms with E-state index in [2.05, 4.69) is 27.5 Å². The zero-order valence-electron chi connectivity index (χ0n) is 17.3. The summed E-state index contributed by atoms with van der Waals surface area (Å²) in [5, 5.41) is 7.46. The van der Waals surface area contributed by atoms with Gasteiger partial charge in [-0.15, -0.1) is 0 Å². The lowest BCUT2D eigenvalue weighted by Gasteiger charge is -2.23. The van der Waals surface area contributed by atoms with Gasteiger partial charge in [0.05, 0.1) is 6.04 Å². The standard InChI is InChI=1S/C23H26N4O3/c1-16-24-17(2)27(26-16)15-23(28)25-20(10-8-18-6-4-3-5-7-18)19-9-11-21-22(14-19)30-13-12-29-21/h3-7,9,11,14,20H,8,10,12-13,15H2,1-2H3,(H,25,28)/t20-/m1/s1. The van der Waals surface area contributed by atoms with Crippen molar-refractivity contribution in [2.45, 2.75) is 39.3 Å². The largest absolute Gasteiger partial charge is 0.486 e. The quantitative estimate of drug-likeness (QED) is 0.652. The van der Waals surface area contributed by atoms with E-state index in [1.807, 2.05) is 50.2 Å². The fourth-order valence-corrected chi connectivity index (χ4v) is 3.64. The molecule has 2 heterocycles. The Bertz CT molecular complexity index is 1020. The van der Waals surface area contributed by atoms with Gasteiger partial charge in [0.25, 0.3) is 0 Å². The highest BCUT2D eigenvalue weighted by Gasteiger charge is 2.20. The number of hydrogen-bond acceptors (Lipinski definition) is 5. The Labute approximate surface area is 176 Å². The molecule has 30 heavy (non-hydrogen) atoms. The summed E-state index contributed by atoms with van der Waals surface area (Å²) in [6, 6.07) is 16.0. The molecular weight excluding hydrogens is 380 g/mol. The van der Waals surface area contributed by atoms with Crippen molar-refractivity contribution in [1.29, 1.82) is 0 Å². The minimum absolute atomic E-state index is 0.101. The number of ether oxygens (including phenoxy) is 2. The summed E-state index contributed by atoms with van der Waals surface area (Å²) in [6.07, 6.45) is 1.62. The Balaban J connectivity index is 1.52. The molecule has 7 heteroatoms. The molecule has 156 valence electrons. The van der Waals surface area contributed by atoms with Crippen molar-refractivity contribution >= 4 is 5.91 Å². The minimum atomic E-state index is -0.154. The van der Waals surface area contributed by atoms with Crippen molar-refractivity contribution in [1.82, 2.24) is 20.1 Å². The van der Waals surface area contributed by atoms with Crippen LogP contribution in [0.4, 0.5) is 0 Å². The number of hydrogen-bond donors (Lipinski definition) is 1. The summed E-state index contributed by atoms with van der Waals surface area (Å²) in [5.41, 5.74) is 2.23. The normalized spacial score (nSPS) is 13.7. The van der Waals surface area contributed by atoms with Gasteiger partial charge >= 0.3 is 0 Å². The molecule has 2 aromatic carbocycles. The van der Waals surface area contributed by atoms with E-state index in [-0.39, 0.29) is 18.5 Å². The summed E-state index contributed by atoms with van der Waals surface area (Å²) in [6.45, 7) is 4.89. The van der Waals surface area contributed by atoms with Crippen molar-refractivity contribution in [3.8, 4) is 11.5 Å². The first-order valence-electron chi connectivity index (χ1n) is 10.2. The second-order valence-corrected chi connectivity index (χ2v) is 7.41. The molecule has 3 aromatic rings. The summed E-state index contributed by atoms with van der Waals surface area (Å²) in [5.74, 6) is 2.75. The molecule has 0 saturated heterocycles. The number of aryl methyl sites for hydroxylation is 3. The summed E-state index contributed by atoms with van der Waals surface area (Å²) < 4.78 is 13.0.